The molecule has 4 aromatic rings. The summed E-state index contributed by atoms with van der Waals surface area (Å²) >= 11 is 14.6. The van der Waals surface area contributed by atoms with Gasteiger partial charge in [-0.1, -0.05) is 34.4 Å². The summed E-state index contributed by atoms with van der Waals surface area (Å²) in [5.74, 6) is 1.39. The number of piperidine rings is 1. The van der Waals surface area contributed by atoms with Gasteiger partial charge in [-0.15, -0.1) is 11.3 Å². The van der Waals surface area contributed by atoms with Gasteiger partial charge in [0.2, 0.25) is 0 Å². The van der Waals surface area contributed by atoms with Crippen LogP contribution in [0, 0.1) is 5.92 Å². The highest BCUT2D eigenvalue weighted by molar-refractivity contribution is 7.16. The zero-order valence-electron chi connectivity index (χ0n) is 20.7. The van der Waals surface area contributed by atoms with E-state index in [0.717, 1.165) is 59.5 Å². The van der Waals surface area contributed by atoms with E-state index >= 15 is 0 Å². The van der Waals surface area contributed by atoms with Crippen LogP contribution in [0.4, 0.5) is 5.69 Å². The van der Waals surface area contributed by atoms with Crippen LogP contribution in [-0.2, 0) is 16.1 Å². The van der Waals surface area contributed by atoms with E-state index in [1.807, 2.05) is 30.3 Å². The Labute approximate surface area is 233 Å². The van der Waals surface area contributed by atoms with Crippen molar-refractivity contribution in [1.82, 2.24) is 10.1 Å². The molecule has 3 atom stereocenters. The lowest BCUT2D eigenvalue weighted by molar-refractivity contribution is 0.0255. The molecule has 10 heteroatoms. The number of anilines is 1. The van der Waals surface area contributed by atoms with E-state index < -0.39 is 0 Å². The van der Waals surface area contributed by atoms with E-state index in [9.17, 15) is 4.79 Å². The number of fused-ring (bicyclic) bond motifs is 3. The number of carbonyl (C=O) groups excluding carboxylic acids is 1. The summed E-state index contributed by atoms with van der Waals surface area (Å²) in [7, 11) is 1.42. The zero-order chi connectivity index (χ0) is 26.0. The van der Waals surface area contributed by atoms with Gasteiger partial charge in [-0.2, -0.15) is 0 Å². The van der Waals surface area contributed by atoms with E-state index in [2.05, 4.69) is 15.0 Å². The number of hydrogen-bond acceptors (Lipinski definition) is 8. The van der Waals surface area contributed by atoms with E-state index in [1.54, 1.807) is 5.51 Å². The van der Waals surface area contributed by atoms with Gasteiger partial charge in [-0.05, 0) is 55.9 Å². The molecule has 7 rings (SSSR count). The molecule has 7 nitrogen and oxygen atoms in total. The second kappa shape index (κ2) is 9.52. The first-order valence-electron chi connectivity index (χ1n) is 12.8. The van der Waals surface area contributed by atoms with Gasteiger partial charge in [-0.3, -0.25) is 0 Å². The Morgan fingerprint density at radius 2 is 2.03 bits per heavy atom. The first-order valence-corrected chi connectivity index (χ1v) is 14.4. The average molecular weight is 570 g/mol. The van der Waals surface area contributed by atoms with Crippen molar-refractivity contribution in [3.63, 3.8) is 0 Å². The van der Waals surface area contributed by atoms with Crippen LogP contribution in [-0.4, -0.2) is 41.9 Å². The topological polar surface area (TPSA) is 77.7 Å². The zero-order valence-corrected chi connectivity index (χ0v) is 23.0. The number of benzene rings is 2. The lowest BCUT2D eigenvalue weighted by atomic mass is 10.0. The first kappa shape index (κ1) is 24.4. The lowest BCUT2D eigenvalue weighted by Gasteiger charge is -2.35. The van der Waals surface area contributed by atoms with Crippen molar-refractivity contribution < 1.29 is 18.8 Å². The number of rotatable bonds is 7. The van der Waals surface area contributed by atoms with Crippen molar-refractivity contribution in [2.75, 3.05) is 18.6 Å². The maximum Gasteiger partial charge on any atom is 0.340 e. The summed E-state index contributed by atoms with van der Waals surface area (Å²) in [6.07, 6.45) is 4.15. The Balaban J connectivity index is 1.18. The van der Waals surface area contributed by atoms with Crippen molar-refractivity contribution >= 4 is 56.4 Å². The predicted octanol–water partition coefficient (Wildman–Crippen LogP) is 7.11. The van der Waals surface area contributed by atoms with Crippen molar-refractivity contribution in [2.45, 2.75) is 50.4 Å². The minimum Gasteiger partial charge on any atom is -0.465 e. The smallest absolute Gasteiger partial charge is 0.340 e. The van der Waals surface area contributed by atoms with Gasteiger partial charge in [0.25, 0.3) is 0 Å². The molecule has 38 heavy (non-hydrogen) atoms. The van der Waals surface area contributed by atoms with Crippen LogP contribution in [0.15, 0.2) is 40.4 Å². The van der Waals surface area contributed by atoms with Crippen LogP contribution < -0.4 is 4.90 Å². The third-order valence-corrected chi connectivity index (χ3v) is 9.42. The molecule has 2 saturated carbocycles. The number of esters is 1. The summed E-state index contributed by atoms with van der Waals surface area (Å²) in [4.78, 5) is 19.5. The fourth-order valence-electron chi connectivity index (χ4n) is 6.06. The molecule has 0 N–H and O–H groups in total. The van der Waals surface area contributed by atoms with Crippen molar-refractivity contribution in [2.24, 2.45) is 5.92 Å². The van der Waals surface area contributed by atoms with E-state index in [4.69, 9.17) is 37.2 Å². The fourth-order valence-corrected chi connectivity index (χ4v) is 7.34. The Hall–Kier alpha value is -2.65. The van der Waals surface area contributed by atoms with Crippen molar-refractivity contribution in [3.8, 4) is 11.3 Å². The van der Waals surface area contributed by atoms with Gasteiger partial charge in [0, 0.05) is 23.6 Å². The van der Waals surface area contributed by atoms with Gasteiger partial charge in [-0.25, -0.2) is 9.78 Å². The van der Waals surface area contributed by atoms with Crippen molar-refractivity contribution in [1.29, 1.82) is 0 Å². The third-order valence-electron chi connectivity index (χ3n) is 8.00. The molecule has 3 fully saturated rings. The Bertz CT molecular complexity index is 1530. The van der Waals surface area contributed by atoms with Crippen LogP contribution in [0.25, 0.3) is 21.5 Å². The van der Waals surface area contributed by atoms with Gasteiger partial charge < -0.3 is 18.9 Å². The number of thiazole rings is 1. The Morgan fingerprint density at radius 1 is 1.21 bits per heavy atom. The van der Waals surface area contributed by atoms with Crippen LogP contribution in [0.5, 0.6) is 0 Å². The minimum absolute atomic E-state index is 0.00176. The van der Waals surface area contributed by atoms with Crippen LogP contribution in [0.2, 0.25) is 10.0 Å². The molecule has 1 saturated heterocycles. The largest absolute Gasteiger partial charge is 0.465 e. The monoisotopic (exact) mass is 569 g/mol. The molecule has 0 amide bonds. The van der Waals surface area contributed by atoms with Crippen LogP contribution in [0.1, 0.15) is 53.3 Å². The van der Waals surface area contributed by atoms with Gasteiger partial charge >= 0.3 is 5.97 Å². The highest BCUT2D eigenvalue weighted by Crippen LogP contribution is 2.48. The number of halogens is 2. The molecule has 2 aromatic carbocycles. The molecular formula is C28H25Cl2N3O4S. The Morgan fingerprint density at radius 3 is 2.76 bits per heavy atom. The summed E-state index contributed by atoms with van der Waals surface area (Å²) in [5.41, 5.74) is 6.39. The number of nitrogens with zero attached hydrogens (tertiary/aromatic N) is 3. The van der Waals surface area contributed by atoms with Gasteiger partial charge in [0.15, 0.2) is 0 Å². The molecule has 196 valence electrons. The van der Waals surface area contributed by atoms with E-state index in [0.29, 0.717) is 45.3 Å². The minimum atomic E-state index is -0.338. The number of methoxy groups -OCH3 is 1. The van der Waals surface area contributed by atoms with Gasteiger partial charge in [0.1, 0.15) is 11.5 Å². The third kappa shape index (κ3) is 4.09. The standard InChI is InChI=1S/C28H25Cl2N3O4S/c1-35-28(34)16-9-24-20(31-13-38-24)10-21(16)33-11-14-7-22(33)23(8-14)36-12-17-26(32-37-27(17)15-5-6-15)25-18(29)3-2-4-19(25)30/h2-4,9-10,13-15,22-23H,5-8,11-12H2,1H3. The maximum atomic E-state index is 12.7. The molecule has 2 bridgehead atoms. The maximum absolute atomic E-state index is 12.7. The average Bonchev–Trinajstić information content (AvgIpc) is 3.25. The molecule has 2 aliphatic carbocycles. The van der Waals surface area contributed by atoms with Crippen LogP contribution in [0.3, 0.4) is 0 Å². The summed E-state index contributed by atoms with van der Waals surface area (Å²) in [5, 5.41) is 5.47. The fraction of sp³-hybridized carbons (Fsp3) is 0.393. The summed E-state index contributed by atoms with van der Waals surface area (Å²) < 4.78 is 18.6. The molecule has 3 aliphatic rings. The van der Waals surface area contributed by atoms with Gasteiger partial charge in [0.05, 0.1) is 62.9 Å². The second-order valence-electron chi connectivity index (χ2n) is 10.3. The number of carbonyl (C=O) groups is 1. The van der Waals surface area contributed by atoms with E-state index in [-0.39, 0.29) is 18.1 Å². The highest BCUT2D eigenvalue weighted by atomic mass is 35.5. The van der Waals surface area contributed by atoms with Crippen molar-refractivity contribution in [3.05, 3.63) is 62.8 Å². The molecule has 2 aromatic heterocycles. The molecule has 3 unspecified atom stereocenters. The normalized spacial score (nSPS) is 22.5. The van der Waals surface area contributed by atoms with E-state index in [1.165, 1.54) is 18.4 Å². The number of ether oxygens (including phenoxy) is 2. The molecule has 3 heterocycles. The highest BCUT2D eigenvalue weighted by Gasteiger charge is 2.47. The molecule has 0 radical (unpaired) electrons. The molecule has 1 aliphatic heterocycles. The number of aromatic nitrogens is 2. The summed E-state index contributed by atoms with van der Waals surface area (Å²) in [6, 6.07) is 9.50. The predicted molar refractivity (Wildman–Crippen MR) is 147 cm³/mol. The van der Waals surface area contributed by atoms with Crippen LogP contribution >= 0.6 is 34.5 Å². The number of hydrogen-bond donors (Lipinski definition) is 0. The molecular weight excluding hydrogens is 545 g/mol. The molecule has 0 spiro atoms. The first-order chi connectivity index (χ1) is 18.5. The Kier molecular flexibility index (Phi) is 6.11. The summed E-state index contributed by atoms with van der Waals surface area (Å²) in [6.45, 7) is 1.24. The lowest BCUT2D eigenvalue weighted by Crippen LogP contribution is -2.43. The second-order valence-corrected chi connectivity index (χ2v) is 12.0. The quantitative estimate of drug-likeness (QED) is 0.219. The SMILES string of the molecule is COC(=O)c1cc2scnc2cc1N1CC2CC(OCc3c(-c4c(Cl)cccc4Cl)noc3C3CC3)C1C2.